The minimum absolute atomic E-state index is 0.215. The number of hydrogen-bond acceptors (Lipinski definition) is 6. The van der Waals surface area contributed by atoms with Crippen molar-refractivity contribution in [3.8, 4) is 17.1 Å². The first kappa shape index (κ1) is 19.7. The number of benzene rings is 2. The van der Waals surface area contributed by atoms with E-state index >= 15 is 0 Å². The largest absolute Gasteiger partial charge is 0.441 e. The first-order chi connectivity index (χ1) is 15.5. The summed E-state index contributed by atoms with van der Waals surface area (Å²) < 4.78 is 44.7. The number of halogens is 3. The zero-order valence-electron chi connectivity index (χ0n) is 16.4. The first-order valence-electron chi connectivity index (χ1n) is 9.57. The number of aromatic nitrogens is 4. The van der Waals surface area contributed by atoms with Crippen LogP contribution in [-0.4, -0.2) is 26.8 Å². The van der Waals surface area contributed by atoms with Crippen LogP contribution in [0.5, 0.6) is 5.75 Å². The quantitative estimate of drug-likeness (QED) is 0.383. The van der Waals surface area contributed by atoms with Crippen molar-refractivity contribution in [1.29, 1.82) is 0 Å². The van der Waals surface area contributed by atoms with Crippen molar-refractivity contribution in [1.82, 2.24) is 25.5 Å². The van der Waals surface area contributed by atoms with Crippen molar-refractivity contribution in [3.05, 3.63) is 77.1 Å². The van der Waals surface area contributed by atoms with Crippen LogP contribution in [0.25, 0.3) is 17.3 Å². The van der Waals surface area contributed by atoms with Gasteiger partial charge in [-0.2, -0.15) is 13.2 Å². The molecule has 4 N–H and O–H groups in total. The van der Waals surface area contributed by atoms with Crippen LogP contribution in [0.3, 0.4) is 0 Å². The molecule has 1 aliphatic heterocycles. The molecular weight excluding hydrogens is 423 g/mol. The highest BCUT2D eigenvalue weighted by Gasteiger charge is 2.30. The van der Waals surface area contributed by atoms with Crippen LogP contribution in [-0.2, 0) is 6.18 Å². The second kappa shape index (κ2) is 7.76. The Labute approximate surface area is 178 Å². The maximum absolute atomic E-state index is 12.9. The third-order valence-corrected chi connectivity index (χ3v) is 4.71. The molecule has 11 heteroatoms. The second-order valence-electron chi connectivity index (χ2n) is 6.92. The lowest BCUT2D eigenvalue weighted by Gasteiger charge is -2.13. The minimum Gasteiger partial charge on any atom is -0.441 e. The van der Waals surface area contributed by atoms with Gasteiger partial charge in [-0.05, 0) is 36.4 Å². The lowest BCUT2D eigenvalue weighted by Crippen LogP contribution is -2.38. The number of nitrogens with one attached hydrogen (secondary N) is 4. The zero-order chi connectivity index (χ0) is 22.1. The Kier molecular flexibility index (Phi) is 4.77. The summed E-state index contributed by atoms with van der Waals surface area (Å²) in [6.45, 7) is 0.398. The monoisotopic (exact) mass is 439 g/mol. The van der Waals surface area contributed by atoms with Crippen LogP contribution in [0.15, 0.2) is 65.8 Å². The summed E-state index contributed by atoms with van der Waals surface area (Å²) in [5.74, 6) is 1.80. The van der Waals surface area contributed by atoms with E-state index in [1.165, 1.54) is 12.1 Å². The number of ether oxygens (including phenoxy) is 1. The van der Waals surface area contributed by atoms with Gasteiger partial charge in [0, 0.05) is 17.4 Å². The average molecular weight is 439 g/mol. The number of anilines is 2. The Hall–Kier alpha value is -4.28. The Morgan fingerprint density at radius 1 is 1.00 bits per heavy atom. The van der Waals surface area contributed by atoms with E-state index in [0.29, 0.717) is 29.7 Å². The molecular formula is C21H16F3N7O. The summed E-state index contributed by atoms with van der Waals surface area (Å²) in [7, 11) is 0. The molecule has 0 fully saturated rings. The minimum atomic E-state index is -4.43. The van der Waals surface area contributed by atoms with E-state index in [2.05, 4.69) is 35.8 Å². The van der Waals surface area contributed by atoms with Gasteiger partial charge in [-0.1, -0.05) is 18.2 Å². The zero-order valence-corrected chi connectivity index (χ0v) is 16.4. The molecule has 0 saturated carbocycles. The molecule has 0 aliphatic carbocycles. The lowest BCUT2D eigenvalue weighted by atomic mass is 10.2. The number of nitrogens with zero attached hydrogens (tertiary/aromatic N) is 3. The summed E-state index contributed by atoms with van der Waals surface area (Å²) in [6, 6.07) is 13.9. The molecule has 32 heavy (non-hydrogen) atoms. The highest BCUT2D eigenvalue weighted by molar-refractivity contribution is 5.61. The van der Waals surface area contributed by atoms with E-state index in [1.807, 2.05) is 12.1 Å². The third-order valence-electron chi connectivity index (χ3n) is 4.71. The van der Waals surface area contributed by atoms with Crippen LogP contribution in [0.4, 0.5) is 24.8 Å². The Morgan fingerprint density at radius 3 is 2.75 bits per heavy atom. The summed E-state index contributed by atoms with van der Waals surface area (Å²) in [6.07, 6.45) is -2.64. The van der Waals surface area contributed by atoms with E-state index in [1.54, 1.807) is 24.4 Å². The molecule has 0 radical (unpaired) electrons. The predicted molar refractivity (Wildman–Crippen MR) is 110 cm³/mol. The summed E-state index contributed by atoms with van der Waals surface area (Å²) in [5, 5.41) is 14.8. The van der Waals surface area contributed by atoms with Crippen molar-refractivity contribution in [2.75, 3.05) is 12.0 Å². The molecule has 0 saturated heterocycles. The van der Waals surface area contributed by atoms with Gasteiger partial charge in [0.15, 0.2) is 5.82 Å². The summed E-state index contributed by atoms with van der Waals surface area (Å²) in [4.78, 5) is 10.3. The van der Waals surface area contributed by atoms with Gasteiger partial charge in [-0.15, -0.1) is 10.2 Å². The van der Waals surface area contributed by atoms with E-state index < -0.39 is 11.7 Å². The highest BCUT2D eigenvalue weighted by atomic mass is 19.4. The fraction of sp³-hybridized carbons (Fsp3) is 0.0952. The van der Waals surface area contributed by atoms with Crippen molar-refractivity contribution in [3.63, 3.8) is 0 Å². The molecule has 5 rings (SSSR count). The number of alkyl halides is 3. The van der Waals surface area contributed by atoms with Gasteiger partial charge in [-0.3, -0.25) is 0 Å². The first-order valence-corrected chi connectivity index (χ1v) is 9.57. The maximum atomic E-state index is 12.9. The number of H-pyrrole nitrogens is 2. The van der Waals surface area contributed by atoms with Crippen LogP contribution in [0.1, 0.15) is 5.56 Å². The van der Waals surface area contributed by atoms with E-state index in [4.69, 9.17) is 4.74 Å². The molecule has 0 bridgehead atoms. The van der Waals surface area contributed by atoms with Crippen LogP contribution in [0, 0.1) is 0 Å². The average Bonchev–Trinajstić information content (AvgIpc) is 3.44. The number of aromatic amines is 2. The molecule has 1 aliphatic rings. The normalized spacial score (nSPS) is 13.2. The molecule has 3 heterocycles. The van der Waals surface area contributed by atoms with Gasteiger partial charge in [-0.25, -0.2) is 4.99 Å². The Bertz CT molecular complexity index is 1390. The fourth-order valence-corrected chi connectivity index (χ4v) is 3.23. The molecule has 0 atom stereocenters. The van der Waals surface area contributed by atoms with E-state index in [0.717, 1.165) is 22.8 Å². The predicted octanol–water partition coefficient (Wildman–Crippen LogP) is 2.89. The van der Waals surface area contributed by atoms with E-state index in [-0.39, 0.29) is 11.6 Å². The molecule has 0 unspecified atom stereocenters. The van der Waals surface area contributed by atoms with E-state index in [9.17, 15) is 13.2 Å². The van der Waals surface area contributed by atoms with Gasteiger partial charge in [0.25, 0.3) is 0 Å². The van der Waals surface area contributed by atoms with Gasteiger partial charge in [0.2, 0.25) is 11.8 Å². The topological polar surface area (TPSA) is 103 Å². The van der Waals surface area contributed by atoms with Crippen molar-refractivity contribution in [2.24, 2.45) is 4.99 Å². The standard InChI is InChI=1S/C21H16F3N7O/c22-21(23,24)13-4-2-5-14(10-13)28-20-29-17(30-31-20)12-3-1-6-15(9-12)32-19-16-7-8-25-18(16)26-11-27-19/h1-10,27H,11H2,(H,25,26)(H2,28,29,30,31). The molecule has 162 valence electrons. The lowest BCUT2D eigenvalue weighted by molar-refractivity contribution is -0.137. The van der Waals surface area contributed by atoms with Crippen molar-refractivity contribution >= 4 is 17.5 Å². The molecule has 0 amide bonds. The third kappa shape index (κ3) is 4.00. The van der Waals surface area contributed by atoms with Gasteiger partial charge < -0.3 is 25.3 Å². The van der Waals surface area contributed by atoms with Gasteiger partial charge in [0.1, 0.15) is 17.9 Å². The number of rotatable bonds is 5. The van der Waals surface area contributed by atoms with Crippen molar-refractivity contribution < 1.29 is 17.9 Å². The highest BCUT2D eigenvalue weighted by Crippen LogP contribution is 2.31. The van der Waals surface area contributed by atoms with Crippen LogP contribution < -0.4 is 26.1 Å². The van der Waals surface area contributed by atoms with Crippen LogP contribution >= 0.6 is 0 Å². The van der Waals surface area contributed by atoms with Gasteiger partial charge >= 0.3 is 6.18 Å². The number of fused-ring (bicyclic) bond motifs is 1. The second-order valence-corrected chi connectivity index (χ2v) is 6.92. The molecule has 0 spiro atoms. The molecule has 2 aromatic heterocycles. The Balaban J connectivity index is 1.36. The smallest absolute Gasteiger partial charge is 0.416 e. The summed E-state index contributed by atoms with van der Waals surface area (Å²) in [5.41, 5.74) is 0.935. The Morgan fingerprint density at radius 2 is 1.88 bits per heavy atom. The maximum Gasteiger partial charge on any atom is 0.416 e. The van der Waals surface area contributed by atoms with Gasteiger partial charge in [0.05, 0.1) is 10.8 Å². The SMILES string of the molecule is FC(F)(F)c1cccc(Nc2nnc(-c3cccc(OC4=c5cc[nH]c5=NCN4)c3)[nH]2)c1. The molecule has 8 nitrogen and oxygen atoms in total. The molecule has 2 aromatic carbocycles. The fourth-order valence-electron chi connectivity index (χ4n) is 3.23. The van der Waals surface area contributed by atoms with Crippen LogP contribution in [0.2, 0.25) is 0 Å². The number of hydrogen-bond donors (Lipinski definition) is 4. The van der Waals surface area contributed by atoms with Crippen molar-refractivity contribution in [2.45, 2.75) is 6.18 Å². The summed E-state index contributed by atoms with van der Waals surface area (Å²) >= 11 is 0. The molecule has 4 aromatic rings.